The second kappa shape index (κ2) is 5.61. The molecule has 0 amide bonds. The molecule has 2 heterocycles. The first kappa shape index (κ1) is 13.9. The van der Waals surface area contributed by atoms with Crippen LogP contribution >= 0.6 is 0 Å². The Labute approximate surface area is 116 Å². The van der Waals surface area contributed by atoms with E-state index in [0.29, 0.717) is 23.3 Å². The number of nitrogens with two attached hydrogens (primary N) is 1. The van der Waals surface area contributed by atoms with E-state index in [2.05, 4.69) is 16.0 Å². The van der Waals surface area contributed by atoms with Crippen molar-refractivity contribution in [2.75, 3.05) is 5.73 Å². The van der Waals surface area contributed by atoms with Crippen molar-refractivity contribution in [1.82, 2.24) is 14.8 Å². The summed E-state index contributed by atoms with van der Waals surface area (Å²) >= 11 is 0. The van der Waals surface area contributed by atoms with Crippen molar-refractivity contribution in [2.24, 2.45) is 0 Å². The molecule has 104 valence electrons. The van der Waals surface area contributed by atoms with Gasteiger partial charge in [0.1, 0.15) is 5.56 Å². The lowest BCUT2D eigenvalue weighted by Crippen LogP contribution is -2.09. The number of anilines is 1. The number of unbranched alkanes of at least 4 members (excludes halogenated alkanes) is 2. The van der Waals surface area contributed by atoms with E-state index in [4.69, 9.17) is 17.3 Å². The van der Waals surface area contributed by atoms with Crippen molar-refractivity contribution in [3.8, 4) is 12.3 Å². The summed E-state index contributed by atoms with van der Waals surface area (Å²) in [5, 5.41) is 13.9. The highest BCUT2D eigenvalue weighted by molar-refractivity contribution is 6.03. The molecule has 0 bridgehead atoms. The summed E-state index contributed by atoms with van der Waals surface area (Å²) in [6, 6.07) is 0. The zero-order valence-corrected chi connectivity index (χ0v) is 11.3. The summed E-state index contributed by atoms with van der Waals surface area (Å²) in [6.45, 7) is 2.32. The number of aromatic carboxylic acids is 1. The Morgan fingerprint density at radius 3 is 2.95 bits per heavy atom. The largest absolute Gasteiger partial charge is 0.478 e. The van der Waals surface area contributed by atoms with Gasteiger partial charge >= 0.3 is 5.97 Å². The summed E-state index contributed by atoms with van der Waals surface area (Å²) in [5.41, 5.74) is 7.19. The van der Waals surface area contributed by atoms with Gasteiger partial charge in [0.2, 0.25) is 0 Å². The number of aryl methyl sites for hydroxylation is 2. The molecular formula is C14H16N4O2. The van der Waals surface area contributed by atoms with Crippen LogP contribution in [0.15, 0.2) is 6.20 Å². The second-order valence-electron chi connectivity index (χ2n) is 4.56. The minimum Gasteiger partial charge on any atom is -0.478 e. The maximum atomic E-state index is 11.2. The quantitative estimate of drug-likeness (QED) is 0.639. The van der Waals surface area contributed by atoms with Gasteiger partial charge in [0.05, 0.1) is 23.0 Å². The molecule has 0 aliphatic rings. The Morgan fingerprint density at radius 1 is 1.55 bits per heavy atom. The van der Waals surface area contributed by atoms with Gasteiger partial charge in [-0.05, 0) is 19.8 Å². The molecule has 0 aromatic carbocycles. The van der Waals surface area contributed by atoms with E-state index in [1.165, 1.54) is 0 Å². The van der Waals surface area contributed by atoms with Gasteiger partial charge in [-0.1, -0.05) is 0 Å². The average molecular weight is 272 g/mol. The van der Waals surface area contributed by atoms with Gasteiger partial charge in [-0.2, -0.15) is 5.10 Å². The van der Waals surface area contributed by atoms with Gasteiger partial charge in [-0.15, -0.1) is 12.3 Å². The van der Waals surface area contributed by atoms with Gasteiger partial charge in [0.25, 0.3) is 0 Å². The molecule has 0 fully saturated rings. The highest BCUT2D eigenvalue weighted by atomic mass is 16.4. The molecule has 0 saturated carbocycles. The molecule has 2 aromatic heterocycles. The number of hydrogen-bond donors (Lipinski definition) is 2. The molecule has 6 nitrogen and oxygen atoms in total. The van der Waals surface area contributed by atoms with E-state index in [9.17, 15) is 4.79 Å². The van der Waals surface area contributed by atoms with E-state index in [0.717, 1.165) is 19.3 Å². The van der Waals surface area contributed by atoms with Gasteiger partial charge in [-0.25, -0.2) is 14.5 Å². The highest BCUT2D eigenvalue weighted by Gasteiger charge is 2.18. The van der Waals surface area contributed by atoms with Crippen LogP contribution in [0.1, 0.15) is 35.3 Å². The van der Waals surface area contributed by atoms with Crippen LogP contribution in [0.5, 0.6) is 0 Å². The number of carboxylic acids is 1. The molecule has 0 aliphatic heterocycles. The topological polar surface area (TPSA) is 94.0 Å². The molecule has 0 spiro atoms. The zero-order chi connectivity index (χ0) is 14.7. The Bertz CT molecular complexity index is 697. The number of carboxylic acid groups (broad SMARTS) is 1. The summed E-state index contributed by atoms with van der Waals surface area (Å²) in [6.07, 6.45) is 9.31. The van der Waals surface area contributed by atoms with Gasteiger partial charge in [0, 0.05) is 13.0 Å². The molecule has 0 aliphatic carbocycles. The number of aromatic nitrogens is 3. The normalized spacial score (nSPS) is 10.6. The van der Waals surface area contributed by atoms with Crippen LogP contribution < -0.4 is 5.73 Å². The van der Waals surface area contributed by atoms with Crippen LogP contribution in [-0.4, -0.2) is 25.8 Å². The number of fused-ring (bicyclic) bond motifs is 1. The van der Waals surface area contributed by atoms with E-state index in [-0.39, 0.29) is 11.3 Å². The van der Waals surface area contributed by atoms with Crippen LogP contribution in [-0.2, 0) is 6.54 Å². The number of nitrogen functional groups attached to an aromatic ring is 1. The van der Waals surface area contributed by atoms with Crippen molar-refractivity contribution in [1.29, 1.82) is 0 Å². The fourth-order valence-corrected chi connectivity index (χ4v) is 2.15. The molecule has 6 heteroatoms. The van der Waals surface area contributed by atoms with Crippen molar-refractivity contribution >= 4 is 22.7 Å². The van der Waals surface area contributed by atoms with Crippen LogP contribution in [0.25, 0.3) is 11.0 Å². The maximum Gasteiger partial charge on any atom is 0.339 e. The zero-order valence-electron chi connectivity index (χ0n) is 11.3. The maximum absolute atomic E-state index is 11.2. The number of pyridine rings is 1. The Kier molecular flexibility index (Phi) is 3.89. The summed E-state index contributed by atoms with van der Waals surface area (Å²) in [7, 11) is 0. The Morgan fingerprint density at radius 2 is 2.30 bits per heavy atom. The van der Waals surface area contributed by atoms with Crippen LogP contribution in [0.3, 0.4) is 0 Å². The summed E-state index contributed by atoms with van der Waals surface area (Å²) in [5.74, 6) is 1.52. The molecule has 0 radical (unpaired) electrons. The van der Waals surface area contributed by atoms with Crippen molar-refractivity contribution < 1.29 is 9.90 Å². The minimum atomic E-state index is -1.07. The van der Waals surface area contributed by atoms with Crippen molar-refractivity contribution in [3.05, 3.63) is 17.5 Å². The van der Waals surface area contributed by atoms with Crippen LogP contribution in [0.2, 0.25) is 0 Å². The predicted molar refractivity (Wildman–Crippen MR) is 76.3 cm³/mol. The van der Waals surface area contributed by atoms with Crippen LogP contribution in [0, 0.1) is 19.3 Å². The van der Waals surface area contributed by atoms with Gasteiger partial charge in [0.15, 0.2) is 5.65 Å². The molecule has 2 rings (SSSR count). The number of carbonyl (C=O) groups is 1. The Balaban J connectivity index is 2.37. The molecule has 20 heavy (non-hydrogen) atoms. The minimum absolute atomic E-state index is 0.0457. The van der Waals surface area contributed by atoms with E-state index < -0.39 is 5.97 Å². The lowest BCUT2D eigenvalue weighted by atomic mass is 10.1. The van der Waals surface area contributed by atoms with Crippen molar-refractivity contribution in [3.63, 3.8) is 0 Å². The molecule has 3 N–H and O–H groups in total. The lowest BCUT2D eigenvalue weighted by molar-refractivity contribution is 0.0697. The highest BCUT2D eigenvalue weighted by Crippen LogP contribution is 2.25. The fraction of sp³-hybridized carbons (Fsp3) is 0.357. The first-order valence-corrected chi connectivity index (χ1v) is 6.34. The Hall–Kier alpha value is -2.55. The second-order valence-corrected chi connectivity index (χ2v) is 4.56. The third-order valence-corrected chi connectivity index (χ3v) is 3.16. The van der Waals surface area contributed by atoms with Gasteiger partial charge in [-0.3, -0.25) is 0 Å². The lowest BCUT2D eigenvalue weighted by Gasteiger charge is -2.07. The monoisotopic (exact) mass is 272 g/mol. The third kappa shape index (κ3) is 2.43. The fourth-order valence-electron chi connectivity index (χ4n) is 2.15. The predicted octanol–water partition coefficient (Wildman–Crippen LogP) is 1.82. The molecule has 0 saturated heterocycles. The molecule has 0 atom stereocenters. The first-order chi connectivity index (χ1) is 9.56. The standard InChI is InChI=1S/C14H16N4O2/c1-3-4-5-6-7-18-13-10(8-16-18)12(15)11(14(19)20)9(2)17-13/h1,8H,4-7H2,2H3,(H2,15,17)(H,19,20). The van der Waals surface area contributed by atoms with E-state index in [1.807, 2.05) is 0 Å². The molecule has 2 aromatic rings. The molecule has 0 unspecified atom stereocenters. The third-order valence-electron chi connectivity index (χ3n) is 3.16. The van der Waals surface area contributed by atoms with E-state index >= 15 is 0 Å². The first-order valence-electron chi connectivity index (χ1n) is 6.34. The summed E-state index contributed by atoms with van der Waals surface area (Å²) < 4.78 is 1.74. The summed E-state index contributed by atoms with van der Waals surface area (Å²) in [4.78, 5) is 15.5. The van der Waals surface area contributed by atoms with Crippen LogP contribution in [0.4, 0.5) is 5.69 Å². The van der Waals surface area contributed by atoms with Gasteiger partial charge < -0.3 is 10.8 Å². The average Bonchev–Trinajstić information content (AvgIpc) is 2.77. The number of hydrogen-bond acceptors (Lipinski definition) is 4. The number of nitrogens with zero attached hydrogens (tertiary/aromatic N) is 3. The van der Waals surface area contributed by atoms with E-state index in [1.54, 1.807) is 17.8 Å². The van der Waals surface area contributed by atoms with Crippen molar-refractivity contribution in [2.45, 2.75) is 32.7 Å². The number of rotatable bonds is 5. The number of terminal acetylenes is 1. The molecular weight excluding hydrogens is 256 g/mol. The smallest absolute Gasteiger partial charge is 0.339 e. The SMILES string of the molecule is C#CCCCCn1ncc2c(N)c(C(=O)O)c(C)nc21.